The van der Waals surface area contributed by atoms with Gasteiger partial charge in [-0.15, -0.1) is 0 Å². The van der Waals surface area contributed by atoms with E-state index in [0.717, 1.165) is 0 Å². The van der Waals surface area contributed by atoms with E-state index >= 15 is 0 Å². The molecule has 1 atom stereocenters. The standard InChI is InChI=1S/C4ClF6NO2/c5-3(4(9,10)11)13-1(12-14-3)2(6,7)8. The summed E-state index contributed by atoms with van der Waals surface area (Å²) in [5, 5.41) is -1.85. The van der Waals surface area contributed by atoms with Crippen molar-refractivity contribution in [1.82, 2.24) is 0 Å². The van der Waals surface area contributed by atoms with Gasteiger partial charge in [-0.25, -0.2) is 0 Å². The molecule has 14 heavy (non-hydrogen) atoms. The highest BCUT2D eigenvalue weighted by Crippen LogP contribution is 2.43. The van der Waals surface area contributed by atoms with E-state index in [1.807, 2.05) is 5.16 Å². The quantitative estimate of drug-likeness (QED) is 0.483. The molecule has 0 fully saturated rings. The van der Waals surface area contributed by atoms with Crippen molar-refractivity contribution in [3.63, 3.8) is 0 Å². The van der Waals surface area contributed by atoms with E-state index in [9.17, 15) is 26.3 Å². The number of hydrogen-bond acceptors (Lipinski definition) is 3. The van der Waals surface area contributed by atoms with Crippen molar-refractivity contribution in [3.8, 4) is 0 Å². The lowest BCUT2D eigenvalue weighted by Crippen LogP contribution is -2.43. The topological polar surface area (TPSA) is 30.8 Å². The van der Waals surface area contributed by atoms with Crippen LogP contribution in [0.2, 0.25) is 0 Å². The van der Waals surface area contributed by atoms with Crippen LogP contribution in [0.1, 0.15) is 0 Å². The van der Waals surface area contributed by atoms with Crippen LogP contribution in [0.3, 0.4) is 0 Å². The van der Waals surface area contributed by atoms with Crippen LogP contribution in [0.5, 0.6) is 0 Å². The lowest BCUT2D eigenvalue weighted by molar-refractivity contribution is -0.301. The van der Waals surface area contributed by atoms with Crippen molar-refractivity contribution in [2.24, 2.45) is 5.16 Å². The average Bonchev–Trinajstić information content (AvgIpc) is 2.29. The van der Waals surface area contributed by atoms with Crippen molar-refractivity contribution < 1.29 is 35.9 Å². The van der Waals surface area contributed by atoms with Crippen LogP contribution < -0.4 is 0 Å². The van der Waals surface area contributed by atoms with Gasteiger partial charge in [-0.1, -0.05) is 0 Å². The summed E-state index contributed by atoms with van der Waals surface area (Å²) in [7, 11) is 0. The molecule has 0 saturated carbocycles. The minimum Gasteiger partial charge on any atom is -0.407 e. The van der Waals surface area contributed by atoms with E-state index in [4.69, 9.17) is 0 Å². The molecule has 82 valence electrons. The molecule has 0 spiro atoms. The van der Waals surface area contributed by atoms with Crippen molar-refractivity contribution in [2.45, 2.75) is 17.6 Å². The highest BCUT2D eigenvalue weighted by atomic mass is 35.5. The smallest absolute Gasteiger partial charge is 0.407 e. The van der Waals surface area contributed by atoms with Gasteiger partial charge in [0.05, 0.1) is 0 Å². The van der Waals surface area contributed by atoms with Crippen LogP contribution in [0, 0.1) is 0 Å². The van der Waals surface area contributed by atoms with Gasteiger partial charge in [-0.05, 0) is 16.8 Å². The first-order valence-electron chi connectivity index (χ1n) is 2.84. The number of halogens is 7. The molecule has 1 unspecified atom stereocenters. The van der Waals surface area contributed by atoms with Gasteiger partial charge in [0.25, 0.3) is 0 Å². The first kappa shape index (κ1) is 11.2. The molecule has 0 aromatic heterocycles. The molecule has 3 nitrogen and oxygen atoms in total. The minimum atomic E-state index is -5.33. The Balaban J connectivity index is 2.81. The van der Waals surface area contributed by atoms with Gasteiger partial charge in [0.1, 0.15) is 0 Å². The Kier molecular flexibility index (Phi) is 2.25. The Morgan fingerprint density at radius 2 is 1.64 bits per heavy atom. The van der Waals surface area contributed by atoms with Crippen LogP contribution >= 0.6 is 11.6 Å². The third kappa shape index (κ3) is 1.81. The third-order valence-electron chi connectivity index (χ3n) is 1.06. The van der Waals surface area contributed by atoms with Gasteiger partial charge in [0, 0.05) is 0 Å². The zero-order valence-electron chi connectivity index (χ0n) is 5.91. The molecule has 0 aromatic carbocycles. The third-order valence-corrected chi connectivity index (χ3v) is 1.42. The van der Waals surface area contributed by atoms with E-state index < -0.39 is 23.5 Å². The predicted molar refractivity (Wildman–Crippen MR) is 30.3 cm³/mol. The second-order valence-corrected chi connectivity index (χ2v) is 2.62. The fourth-order valence-electron chi connectivity index (χ4n) is 0.481. The predicted octanol–water partition coefficient (Wildman–Crippen LogP) is 2.36. The molecule has 1 rings (SSSR count). The van der Waals surface area contributed by atoms with Crippen LogP contribution in [0.4, 0.5) is 26.3 Å². The molecular formula is C4ClF6NO2. The summed E-state index contributed by atoms with van der Waals surface area (Å²) in [4.78, 5) is 3.33. The minimum absolute atomic E-state index is 2.04. The number of oxime groups is 1. The summed E-state index contributed by atoms with van der Waals surface area (Å²) in [6, 6.07) is 0. The molecule has 0 aromatic rings. The van der Waals surface area contributed by atoms with E-state index in [1.165, 1.54) is 0 Å². The highest BCUT2D eigenvalue weighted by Gasteiger charge is 2.66. The zero-order valence-corrected chi connectivity index (χ0v) is 6.67. The fraction of sp³-hybridized carbons (Fsp3) is 0.750. The molecule has 0 aliphatic carbocycles. The SMILES string of the molecule is FC(F)(F)C1=NOC(Cl)(C(F)(F)F)O1. The average molecular weight is 243 g/mol. The van der Waals surface area contributed by atoms with Crippen LogP contribution in [0.25, 0.3) is 0 Å². The van der Waals surface area contributed by atoms with E-state index in [-0.39, 0.29) is 0 Å². The Morgan fingerprint density at radius 1 is 1.14 bits per heavy atom. The number of hydrogen-bond donors (Lipinski definition) is 0. The van der Waals surface area contributed by atoms with E-state index in [2.05, 4.69) is 21.2 Å². The molecule has 0 N–H and O–H groups in total. The summed E-state index contributed by atoms with van der Waals surface area (Å²) < 4.78 is 74.2. The Hall–Kier alpha value is -0.860. The molecule has 10 heteroatoms. The van der Waals surface area contributed by atoms with Crippen LogP contribution in [-0.2, 0) is 9.57 Å². The number of alkyl halides is 7. The molecular weight excluding hydrogens is 243 g/mol. The number of ether oxygens (including phenoxy) is 1. The van der Waals surface area contributed by atoms with Gasteiger partial charge in [0.2, 0.25) is 0 Å². The van der Waals surface area contributed by atoms with Crippen LogP contribution in [0.15, 0.2) is 5.16 Å². The number of nitrogens with zero attached hydrogens (tertiary/aromatic N) is 1. The lowest BCUT2D eigenvalue weighted by atomic mass is 10.6. The highest BCUT2D eigenvalue weighted by molar-refractivity contribution is 6.23. The number of rotatable bonds is 0. The van der Waals surface area contributed by atoms with Gasteiger partial charge in [-0.2, -0.15) is 26.3 Å². The van der Waals surface area contributed by atoms with Crippen molar-refractivity contribution in [1.29, 1.82) is 0 Å². The summed E-state index contributed by atoms with van der Waals surface area (Å²) >= 11 is 4.56. The maximum absolute atomic E-state index is 11.9. The molecule has 1 aliphatic rings. The molecule has 0 saturated heterocycles. The van der Waals surface area contributed by atoms with Gasteiger partial charge < -0.3 is 9.57 Å². The van der Waals surface area contributed by atoms with Crippen LogP contribution in [-0.4, -0.2) is 23.5 Å². The van der Waals surface area contributed by atoms with Gasteiger partial charge >= 0.3 is 23.5 Å². The maximum atomic E-state index is 11.9. The summed E-state index contributed by atoms with van der Waals surface area (Å²) in [5.74, 6) is -2.18. The Labute approximate surface area is 77.2 Å². The van der Waals surface area contributed by atoms with Crippen molar-refractivity contribution in [2.75, 3.05) is 0 Å². The first-order chi connectivity index (χ1) is 6.06. The summed E-state index contributed by atoms with van der Waals surface area (Å²) in [5.41, 5.74) is 0. The molecule has 0 radical (unpaired) electrons. The summed E-state index contributed by atoms with van der Waals surface area (Å²) in [6.07, 6.45) is -10.5. The first-order valence-corrected chi connectivity index (χ1v) is 3.22. The normalized spacial score (nSPS) is 28.1. The monoisotopic (exact) mass is 243 g/mol. The van der Waals surface area contributed by atoms with Gasteiger partial charge in [-0.3, -0.25) is 0 Å². The second-order valence-electron chi connectivity index (χ2n) is 2.12. The molecule has 0 amide bonds. The fourth-order valence-corrected chi connectivity index (χ4v) is 0.589. The Morgan fingerprint density at radius 3 is 1.86 bits per heavy atom. The van der Waals surface area contributed by atoms with E-state index in [0.29, 0.717) is 0 Å². The lowest BCUT2D eigenvalue weighted by Gasteiger charge is -2.20. The molecule has 1 aliphatic heterocycles. The van der Waals surface area contributed by atoms with Gasteiger partial charge in [0.15, 0.2) is 0 Å². The van der Waals surface area contributed by atoms with Crippen molar-refractivity contribution >= 4 is 17.5 Å². The zero-order chi connectivity index (χ0) is 11.2. The summed E-state index contributed by atoms with van der Waals surface area (Å²) in [6.45, 7) is 0. The second kappa shape index (κ2) is 2.81. The Bertz CT molecular complexity index is 272. The maximum Gasteiger partial charge on any atom is 0.487 e. The van der Waals surface area contributed by atoms with E-state index in [1.54, 1.807) is 0 Å². The molecule has 0 bridgehead atoms. The molecule has 1 heterocycles. The van der Waals surface area contributed by atoms with Crippen molar-refractivity contribution in [3.05, 3.63) is 0 Å². The largest absolute Gasteiger partial charge is 0.487 e.